The summed E-state index contributed by atoms with van der Waals surface area (Å²) in [6.45, 7) is 1.96. The van der Waals surface area contributed by atoms with Crippen LogP contribution in [0.2, 0.25) is 0 Å². The molecule has 13 heavy (non-hydrogen) atoms. The van der Waals surface area contributed by atoms with Crippen molar-refractivity contribution in [2.24, 2.45) is 7.05 Å². The van der Waals surface area contributed by atoms with Crippen molar-refractivity contribution in [3.63, 3.8) is 0 Å². The van der Waals surface area contributed by atoms with Crippen LogP contribution >= 0.6 is 0 Å². The first-order chi connectivity index (χ1) is 6.18. The lowest BCUT2D eigenvalue weighted by Crippen LogP contribution is -2.16. The average molecular weight is 174 g/mol. The third kappa shape index (κ3) is 1.22. The Labute approximate surface area is 75.7 Å². The number of fused-ring (bicyclic) bond motifs is 1. The smallest absolute Gasteiger partial charge is 0.276 e. The van der Waals surface area contributed by atoms with Gasteiger partial charge in [-0.15, -0.1) is 0 Å². The van der Waals surface area contributed by atoms with Crippen LogP contribution in [0.4, 0.5) is 0 Å². The van der Waals surface area contributed by atoms with Crippen LogP contribution in [0.15, 0.2) is 29.3 Å². The van der Waals surface area contributed by atoms with E-state index in [0.717, 1.165) is 10.9 Å². The maximum Gasteiger partial charge on any atom is 0.276 e. The molecule has 2 aromatic heterocycles. The van der Waals surface area contributed by atoms with Crippen molar-refractivity contribution >= 4 is 10.9 Å². The standard InChI is InChI=1S/C10H10N2O/c1-7-5-8-3-4-12(2)10(13)9(8)11-6-7/h3-6H,1-2H3. The van der Waals surface area contributed by atoms with Crippen molar-refractivity contribution in [1.82, 2.24) is 9.55 Å². The van der Waals surface area contributed by atoms with Gasteiger partial charge in [0.05, 0.1) is 0 Å². The maximum atomic E-state index is 11.5. The molecule has 3 heteroatoms. The average Bonchev–Trinajstić information content (AvgIpc) is 2.12. The molecule has 0 aliphatic rings. The lowest BCUT2D eigenvalue weighted by Gasteiger charge is -2.00. The van der Waals surface area contributed by atoms with E-state index >= 15 is 0 Å². The van der Waals surface area contributed by atoms with Crippen LogP contribution in [0.5, 0.6) is 0 Å². The van der Waals surface area contributed by atoms with Crippen LogP contribution in [0.1, 0.15) is 5.56 Å². The number of nitrogens with zero attached hydrogens (tertiary/aromatic N) is 2. The number of aromatic nitrogens is 2. The Bertz CT molecular complexity index is 514. The highest BCUT2D eigenvalue weighted by Crippen LogP contribution is 2.07. The third-order valence-electron chi connectivity index (χ3n) is 2.05. The molecule has 0 saturated heterocycles. The Kier molecular flexibility index (Phi) is 1.65. The Balaban J connectivity index is 2.95. The summed E-state index contributed by atoms with van der Waals surface area (Å²) in [5.41, 5.74) is 1.56. The molecule has 0 atom stereocenters. The van der Waals surface area contributed by atoms with Crippen molar-refractivity contribution in [1.29, 1.82) is 0 Å². The minimum absolute atomic E-state index is 0.0440. The molecule has 2 aromatic rings. The number of hydrogen-bond acceptors (Lipinski definition) is 2. The van der Waals surface area contributed by atoms with Crippen molar-refractivity contribution < 1.29 is 0 Å². The zero-order valence-corrected chi connectivity index (χ0v) is 7.61. The van der Waals surface area contributed by atoms with Crippen LogP contribution < -0.4 is 5.56 Å². The van der Waals surface area contributed by atoms with Crippen LogP contribution in [-0.2, 0) is 7.05 Å². The largest absolute Gasteiger partial charge is 0.317 e. The molecular formula is C10H10N2O. The number of aryl methyl sites for hydroxylation is 2. The SMILES string of the molecule is Cc1cnc2c(=O)n(C)ccc2c1. The molecule has 0 aliphatic carbocycles. The molecule has 0 aromatic carbocycles. The van der Waals surface area contributed by atoms with Gasteiger partial charge in [0.1, 0.15) is 5.52 Å². The summed E-state index contributed by atoms with van der Waals surface area (Å²) in [4.78, 5) is 15.6. The van der Waals surface area contributed by atoms with E-state index in [1.54, 1.807) is 19.4 Å². The van der Waals surface area contributed by atoms with E-state index in [1.165, 1.54) is 4.57 Å². The zero-order valence-electron chi connectivity index (χ0n) is 7.61. The van der Waals surface area contributed by atoms with Gasteiger partial charge in [0.2, 0.25) is 0 Å². The Morgan fingerprint density at radius 2 is 2.23 bits per heavy atom. The topological polar surface area (TPSA) is 34.9 Å². The van der Waals surface area contributed by atoms with Crippen molar-refractivity contribution in [3.05, 3.63) is 40.4 Å². The van der Waals surface area contributed by atoms with Crippen molar-refractivity contribution in [2.75, 3.05) is 0 Å². The molecule has 0 saturated carbocycles. The van der Waals surface area contributed by atoms with E-state index in [0.29, 0.717) is 5.52 Å². The van der Waals surface area contributed by atoms with Crippen LogP contribution in [0.3, 0.4) is 0 Å². The van der Waals surface area contributed by atoms with Gasteiger partial charge in [-0.3, -0.25) is 9.78 Å². The fourth-order valence-corrected chi connectivity index (χ4v) is 1.32. The maximum absolute atomic E-state index is 11.5. The highest BCUT2D eigenvalue weighted by molar-refractivity contribution is 5.77. The predicted molar refractivity (Wildman–Crippen MR) is 51.7 cm³/mol. The van der Waals surface area contributed by atoms with Crippen molar-refractivity contribution in [2.45, 2.75) is 6.92 Å². The first kappa shape index (κ1) is 7.98. The summed E-state index contributed by atoms with van der Waals surface area (Å²) in [5.74, 6) is 0. The second kappa shape index (κ2) is 2.69. The van der Waals surface area contributed by atoms with Gasteiger partial charge in [0.15, 0.2) is 0 Å². The predicted octanol–water partition coefficient (Wildman–Crippen LogP) is 1.24. The molecule has 0 spiro atoms. The summed E-state index contributed by atoms with van der Waals surface area (Å²) >= 11 is 0. The second-order valence-electron chi connectivity index (χ2n) is 3.18. The molecule has 0 N–H and O–H groups in total. The second-order valence-corrected chi connectivity index (χ2v) is 3.18. The molecule has 3 nitrogen and oxygen atoms in total. The summed E-state index contributed by atoms with van der Waals surface area (Å²) in [7, 11) is 1.73. The number of hydrogen-bond donors (Lipinski definition) is 0. The van der Waals surface area contributed by atoms with Crippen molar-refractivity contribution in [3.8, 4) is 0 Å². The summed E-state index contributed by atoms with van der Waals surface area (Å²) in [5, 5.41) is 0.906. The Hall–Kier alpha value is -1.64. The molecule has 0 amide bonds. The monoisotopic (exact) mass is 174 g/mol. The molecule has 0 radical (unpaired) electrons. The quantitative estimate of drug-likeness (QED) is 0.602. The van der Waals surface area contributed by atoms with Gasteiger partial charge < -0.3 is 4.57 Å². The molecular weight excluding hydrogens is 164 g/mol. The third-order valence-corrected chi connectivity index (χ3v) is 2.05. The van der Waals surface area contributed by atoms with E-state index in [4.69, 9.17) is 0 Å². The molecule has 0 aliphatic heterocycles. The first-order valence-electron chi connectivity index (χ1n) is 4.10. The number of pyridine rings is 2. The minimum Gasteiger partial charge on any atom is -0.317 e. The zero-order chi connectivity index (χ0) is 9.42. The first-order valence-corrected chi connectivity index (χ1v) is 4.10. The van der Waals surface area contributed by atoms with E-state index in [9.17, 15) is 4.79 Å². The summed E-state index contributed by atoms with van der Waals surface area (Å²) in [6.07, 6.45) is 3.47. The summed E-state index contributed by atoms with van der Waals surface area (Å²) < 4.78 is 1.53. The van der Waals surface area contributed by atoms with Gasteiger partial charge in [-0.1, -0.05) is 0 Å². The highest BCUT2D eigenvalue weighted by atomic mass is 16.1. The van der Waals surface area contributed by atoms with Crippen LogP contribution in [0.25, 0.3) is 10.9 Å². The summed E-state index contributed by atoms with van der Waals surface area (Å²) in [6, 6.07) is 3.86. The van der Waals surface area contributed by atoms with Gasteiger partial charge >= 0.3 is 0 Å². The molecule has 0 unspecified atom stereocenters. The molecule has 2 heterocycles. The van der Waals surface area contributed by atoms with Crippen LogP contribution in [0, 0.1) is 6.92 Å². The van der Waals surface area contributed by atoms with E-state index < -0.39 is 0 Å². The van der Waals surface area contributed by atoms with E-state index in [1.807, 2.05) is 19.1 Å². The van der Waals surface area contributed by atoms with E-state index in [-0.39, 0.29) is 5.56 Å². The highest BCUT2D eigenvalue weighted by Gasteiger charge is 2.00. The fourth-order valence-electron chi connectivity index (χ4n) is 1.32. The lowest BCUT2D eigenvalue weighted by atomic mass is 10.2. The minimum atomic E-state index is -0.0440. The van der Waals surface area contributed by atoms with Gasteiger partial charge in [0, 0.05) is 24.8 Å². The molecule has 2 rings (SSSR count). The van der Waals surface area contributed by atoms with Gasteiger partial charge in [-0.2, -0.15) is 0 Å². The Morgan fingerprint density at radius 3 is 3.00 bits per heavy atom. The van der Waals surface area contributed by atoms with Crippen LogP contribution in [-0.4, -0.2) is 9.55 Å². The molecule has 0 fully saturated rings. The molecule has 0 bridgehead atoms. The van der Waals surface area contributed by atoms with Gasteiger partial charge in [0.25, 0.3) is 5.56 Å². The normalized spacial score (nSPS) is 10.6. The van der Waals surface area contributed by atoms with E-state index in [2.05, 4.69) is 4.98 Å². The lowest BCUT2D eigenvalue weighted by molar-refractivity contribution is 0.869. The van der Waals surface area contributed by atoms with Gasteiger partial charge in [-0.25, -0.2) is 0 Å². The molecule has 66 valence electrons. The van der Waals surface area contributed by atoms with Gasteiger partial charge in [-0.05, 0) is 24.6 Å². The Morgan fingerprint density at radius 1 is 1.46 bits per heavy atom. The number of rotatable bonds is 0. The fraction of sp³-hybridized carbons (Fsp3) is 0.200.